The van der Waals surface area contributed by atoms with Crippen LogP contribution in [0.4, 0.5) is 5.69 Å². The number of carbonyl (C=O) groups is 2. The van der Waals surface area contributed by atoms with Crippen LogP contribution in [0.25, 0.3) is 0 Å². The van der Waals surface area contributed by atoms with Crippen molar-refractivity contribution in [3.63, 3.8) is 0 Å². The second kappa shape index (κ2) is 6.55. The van der Waals surface area contributed by atoms with Crippen molar-refractivity contribution in [3.05, 3.63) is 29.8 Å². The minimum Gasteiger partial charge on any atom is -0.353 e. The van der Waals surface area contributed by atoms with Gasteiger partial charge in [-0.25, -0.2) is 0 Å². The van der Waals surface area contributed by atoms with Crippen LogP contribution in [-0.4, -0.2) is 29.9 Å². The number of piperidine rings is 1. The normalized spacial score (nSPS) is 31.2. The molecular formula is C19H25N3O2. The van der Waals surface area contributed by atoms with Crippen molar-refractivity contribution in [1.82, 2.24) is 10.6 Å². The lowest BCUT2D eigenvalue weighted by molar-refractivity contribution is -0.123. The van der Waals surface area contributed by atoms with Gasteiger partial charge in [-0.3, -0.25) is 9.59 Å². The monoisotopic (exact) mass is 327 g/mol. The molecule has 3 heterocycles. The van der Waals surface area contributed by atoms with Crippen molar-refractivity contribution >= 4 is 17.5 Å². The van der Waals surface area contributed by atoms with Gasteiger partial charge in [-0.15, -0.1) is 0 Å². The highest BCUT2D eigenvalue weighted by atomic mass is 16.2. The first kappa shape index (κ1) is 15.6. The van der Waals surface area contributed by atoms with E-state index in [0.29, 0.717) is 31.0 Å². The van der Waals surface area contributed by atoms with E-state index in [-0.39, 0.29) is 17.7 Å². The standard InChI is InChI=1S/C19H25N3O2/c23-18(21-16-10-14-6-7-15(11-16)20-14)8-5-13-9-12-3-1-2-4-17(12)22-19(13)24/h1-4,13-16,20H,5-11H2,(H,21,23)(H,22,24). The smallest absolute Gasteiger partial charge is 0.227 e. The van der Waals surface area contributed by atoms with Gasteiger partial charge in [0.05, 0.1) is 0 Å². The highest BCUT2D eigenvalue weighted by molar-refractivity contribution is 5.96. The van der Waals surface area contributed by atoms with E-state index in [1.54, 1.807) is 0 Å². The first-order valence-corrected chi connectivity index (χ1v) is 9.11. The Morgan fingerprint density at radius 3 is 2.71 bits per heavy atom. The molecule has 4 rings (SSSR count). The van der Waals surface area contributed by atoms with Gasteiger partial charge in [0.25, 0.3) is 0 Å². The molecule has 24 heavy (non-hydrogen) atoms. The summed E-state index contributed by atoms with van der Waals surface area (Å²) in [6.07, 6.45) is 6.33. The predicted molar refractivity (Wildman–Crippen MR) is 92.6 cm³/mol. The number of para-hydroxylation sites is 1. The number of amides is 2. The zero-order valence-corrected chi connectivity index (χ0v) is 13.9. The maximum absolute atomic E-state index is 12.3. The molecule has 2 fully saturated rings. The molecule has 128 valence electrons. The van der Waals surface area contributed by atoms with E-state index in [4.69, 9.17) is 0 Å². The van der Waals surface area contributed by atoms with Crippen LogP contribution in [0.2, 0.25) is 0 Å². The lowest BCUT2D eigenvalue weighted by atomic mass is 9.89. The molecule has 0 aromatic heterocycles. The van der Waals surface area contributed by atoms with Crippen molar-refractivity contribution in [2.75, 3.05) is 5.32 Å². The fraction of sp³-hybridized carbons (Fsp3) is 0.579. The van der Waals surface area contributed by atoms with Crippen LogP contribution in [-0.2, 0) is 16.0 Å². The summed E-state index contributed by atoms with van der Waals surface area (Å²) in [5, 5.41) is 9.73. The molecule has 3 aliphatic heterocycles. The summed E-state index contributed by atoms with van der Waals surface area (Å²) >= 11 is 0. The van der Waals surface area contributed by atoms with E-state index in [1.807, 2.05) is 24.3 Å². The van der Waals surface area contributed by atoms with Gasteiger partial charge in [0, 0.05) is 36.2 Å². The van der Waals surface area contributed by atoms with Gasteiger partial charge < -0.3 is 16.0 Å². The first-order chi connectivity index (χ1) is 11.7. The number of anilines is 1. The number of carbonyl (C=O) groups excluding carboxylic acids is 2. The zero-order chi connectivity index (χ0) is 16.5. The molecule has 0 radical (unpaired) electrons. The van der Waals surface area contributed by atoms with Crippen LogP contribution < -0.4 is 16.0 Å². The van der Waals surface area contributed by atoms with Gasteiger partial charge in [-0.1, -0.05) is 18.2 Å². The Hall–Kier alpha value is -1.88. The van der Waals surface area contributed by atoms with Crippen LogP contribution in [0, 0.1) is 5.92 Å². The van der Waals surface area contributed by atoms with Crippen LogP contribution in [0.3, 0.4) is 0 Å². The van der Waals surface area contributed by atoms with Crippen molar-refractivity contribution in [3.8, 4) is 0 Å². The molecule has 2 amide bonds. The molecule has 2 saturated heterocycles. The second-order valence-corrected chi connectivity index (χ2v) is 7.46. The van der Waals surface area contributed by atoms with Crippen LogP contribution in [0.1, 0.15) is 44.1 Å². The number of hydrogen-bond acceptors (Lipinski definition) is 3. The van der Waals surface area contributed by atoms with Gasteiger partial charge in [0.2, 0.25) is 11.8 Å². The van der Waals surface area contributed by atoms with E-state index >= 15 is 0 Å². The Kier molecular flexibility index (Phi) is 4.27. The Labute approximate surface area is 142 Å². The van der Waals surface area contributed by atoms with Crippen molar-refractivity contribution in [2.45, 2.75) is 63.1 Å². The molecule has 5 heteroatoms. The quantitative estimate of drug-likeness (QED) is 0.792. The second-order valence-electron chi connectivity index (χ2n) is 7.46. The molecule has 1 aromatic rings. The van der Waals surface area contributed by atoms with Gasteiger partial charge in [0.15, 0.2) is 0 Å². The van der Waals surface area contributed by atoms with Gasteiger partial charge in [-0.2, -0.15) is 0 Å². The third-order valence-electron chi connectivity index (χ3n) is 5.67. The molecule has 2 bridgehead atoms. The fourth-order valence-corrected chi connectivity index (χ4v) is 4.43. The van der Waals surface area contributed by atoms with E-state index in [0.717, 1.165) is 30.5 Å². The van der Waals surface area contributed by atoms with Gasteiger partial charge in [0.1, 0.15) is 0 Å². The zero-order valence-electron chi connectivity index (χ0n) is 13.9. The number of hydrogen-bond donors (Lipinski definition) is 3. The molecule has 0 spiro atoms. The molecule has 3 unspecified atom stereocenters. The molecule has 1 aromatic carbocycles. The highest BCUT2D eigenvalue weighted by Crippen LogP contribution is 2.28. The average Bonchev–Trinajstić information content (AvgIpc) is 2.91. The van der Waals surface area contributed by atoms with E-state index in [1.165, 1.54) is 12.8 Å². The first-order valence-electron chi connectivity index (χ1n) is 9.11. The third kappa shape index (κ3) is 3.31. The van der Waals surface area contributed by atoms with Crippen molar-refractivity contribution in [1.29, 1.82) is 0 Å². The Morgan fingerprint density at radius 2 is 1.92 bits per heavy atom. The molecule has 5 nitrogen and oxygen atoms in total. The molecule has 3 aliphatic rings. The van der Waals surface area contributed by atoms with E-state index in [2.05, 4.69) is 16.0 Å². The Morgan fingerprint density at radius 1 is 1.17 bits per heavy atom. The lowest BCUT2D eigenvalue weighted by Gasteiger charge is -2.30. The lowest BCUT2D eigenvalue weighted by Crippen LogP contribution is -2.48. The van der Waals surface area contributed by atoms with E-state index < -0.39 is 0 Å². The van der Waals surface area contributed by atoms with Crippen LogP contribution >= 0.6 is 0 Å². The number of nitrogens with one attached hydrogen (secondary N) is 3. The molecule has 3 N–H and O–H groups in total. The van der Waals surface area contributed by atoms with Crippen molar-refractivity contribution < 1.29 is 9.59 Å². The predicted octanol–water partition coefficient (Wildman–Crippen LogP) is 1.98. The molecular weight excluding hydrogens is 302 g/mol. The SMILES string of the molecule is O=C(CCC1Cc2ccccc2NC1=O)NC1CC2CCC(C1)N2. The van der Waals surface area contributed by atoms with Crippen molar-refractivity contribution in [2.24, 2.45) is 5.92 Å². The number of rotatable bonds is 4. The topological polar surface area (TPSA) is 70.2 Å². The number of benzene rings is 1. The largest absolute Gasteiger partial charge is 0.353 e. The van der Waals surface area contributed by atoms with E-state index in [9.17, 15) is 9.59 Å². The Balaban J connectivity index is 1.27. The summed E-state index contributed by atoms with van der Waals surface area (Å²) in [6, 6.07) is 9.36. The maximum Gasteiger partial charge on any atom is 0.227 e. The van der Waals surface area contributed by atoms with Gasteiger partial charge >= 0.3 is 0 Å². The summed E-state index contributed by atoms with van der Waals surface area (Å²) in [5.74, 6) is 0.0317. The summed E-state index contributed by atoms with van der Waals surface area (Å²) in [5.41, 5.74) is 2.07. The number of fused-ring (bicyclic) bond motifs is 3. The maximum atomic E-state index is 12.3. The summed E-state index contributed by atoms with van der Waals surface area (Å²) in [4.78, 5) is 24.5. The summed E-state index contributed by atoms with van der Waals surface area (Å²) in [6.45, 7) is 0. The minimum absolute atomic E-state index is 0.0430. The summed E-state index contributed by atoms with van der Waals surface area (Å²) < 4.78 is 0. The third-order valence-corrected chi connectivity index (χ3v) is 5.67. The average molecular weight is 327 g/mol. The Bertz CT molecular complexity index is 633. The summed E-state index contributed by atoms with van der Waals surface area (Å²) in [7, 11) is 0. The van der Waals surface area contributed by atoms with Gasteiger partial charge in [-0.05, 0) is 50.2 Å². The minimum atomic E-state index is -0.102. The van der Waals surface area contributed by atoms with Crippen LogP contribution in [0.15, 0.2) is 24.3 Å². The molecule has 0 saturated carbocycles. The highest BCUT2D eigenvalue weighted by Gasteiger charge is 2.34. The molecule has 0 aliphatic carbocycles. The fourth-order valence-electron chi connectivity index (χ4n) is 4.43. The molecule has 3 atom stereocenters. The van der Waals surface area contributed by atoms with Crippen LogP contribution in [0.5, 0.6) is 0 Å².